The molecule has 386 valence electrons. The van der Waals surface area contributed by atoms with Crippen LogP contribution in [0, 0.1) is 0 Å². The Balaban J connectivity index is 1.07. The van der Waals surface area contributed by atoms with Crippen molar-refractivity contribution in [1.82, 2.24) is 0 Å². The molecular formula is C63H68O11. The van der Waals surface area contributed by atoms with Crippen molar-refractivity contribution in [3.63, 3.8) is 0 Å². The van der Waals surface area contributed by atoms with Crippen LogP contribution in [0.15, 0.2) is 212 Å². The van der Waals surface area contributed by atoms with E-state index in [1.165, 1.54) is 0 Å². The van der Waals surface area contributed by atoms with Gasteiger partial charge in [0.1, 0.15) is 48.8 Å². The van der Waals surface area contributed by atoms with Gasteiger partial charge in [0, 0.05) is 13.5 Å². The first-order chi connectivity index (χ1) is 36.6. The Morgan fingerprint density at radius 3 is 1.01 bits per heavy atom. The van der Waals surface area contributed by atoms with E-state index in [4.69, 9.17) is 47.4 Å². The Bertz CT molecular complexity index is 2600. The van der Waals surface area contributed by atoms with Gasteiger partial charge in [-0.1, -0.05) is 212 Å². The summed E-state index contributed by atoms with van der Waals surface area (Å²) >= 11 is 0. The largest absolute Gasteiger partial charge is 0.390 e. The van der Waals surface area contributed by atoms with Crippen LogP contribution in [-0.2, 0) is 93.6 Å². The average molecular weight is 1000 g/mol. The molecule has 0 amide bonds. The number of rotatable bonds is 26. The summed E-state index contributed by atoms with van der Waals surface area (Å²) in [7, 11) is 1.60. The first kappa shape index (κ1) is 52.9. The van der Waals surface area contributed by atoms with Crippen LogP contribution in [-0.4, -0.2) is 86.2 Å². The molecule has 0 unspecified atom stereocenters. The Morgan fingerprint density at radius 2 is 0.649 bits per heavy atom. The van der Waals surface area contributed by atoms with Crippen LogP contribution < -0.4 is 0 Å². The maximum absolute atomic E-state index is 13.1. The molecule has 9 rings (SSSR count). The monoisotopic (exact) mass is 1000 g/mol. The molecule has 2 aliphatic rings. The molecule has 2 aliphatic heterocycles. The van der Waals surface area contributed by atoms with Crippen LogP contribution in [0.5, 0.6) is 0 Å². The minimum atomic E-state index is -1.22. The Morgan fingerprint density at radius 1 is 0.351 bits per heavy atom. The van der Waals surface area contributed by atoms with Crippen LogP contribution in [0.25, 0.3) is 0 Å². The lowest BCUT2D eigenvalue weighted by Gasteiger charge is -2.49. The zero-order valence-electron chi connectivity index (χ0n) is 42.0. The van der Waals surface area contributed by atoms with Crippen molar-refractivity contribution in [2.75, 3.05) is 13.7 Å². The van der Waals surface area contributed by atoms with Crippen LogP contribution >= 0.6 is 0 Å². The van der Waals surface area contributed by atoms with Gasteiger partial charge in [0.2, 0.25) is 0 Å². The van der Waals surface area contributed by atoms with Crippen molar-refractivity contribution in [1.29, 1.82) is 0 Å². The minimum absolute atomic E-state index is 0.0321. The first-order valence-corrected chi connectivity index (χ1v) is 25.6. The normalized spacial score (nSPS) is 24.3. The molecule has 2 saturated heterocycles. The zero-order chi connectivity index (χ0) is 50.6. The summed E-state index contributed by atoms with van der Waals surface area (Å²) in [5.41, 5.74) is 6.85. The predicted octanol–water partition coefficient (Wildman–Crippen LogP) is 10.6. The molecule has 0 aromatic heterocycles. The van der Waals surface area contributed by atoms with Gasteiger partial charge in [-0.05, 0) is 38.9 Å². The topological polar surface area (TPSA) is 113 Å². The standard InChI is InChI=1S/C63H68O11/c1-65-63-62(72-44-52-35-21-8-22-36-52)61(71-43-51-33-19-7-20-34-51)57(67-39-47-25-11-3-12-26-47)54(74-63)37-53(64)56-59(69-41-49-29-15-5-16-30-49)60(70-42-50-31-17-6-18-32-50)58(68-40-48-27-13-4-14-28-48)55(73-56)45-66-38-46-23-9-2-10-24-46/h2-36,53-64H,37-45H2,1H3/t53-,54-,55-,56+,57-,58+,59+,60+,61+,62+,63+/m1/s1. The van der Waals surface area contributed by atoms with E-state index in [1.54, 1.807) is 7.11 Å². The SMILES string of the molecule is CO[C@H]1O[C@H](C[C@@H](O)[C@@H]2O[C@H](COCc3ccccc3)[C@H](OCc3ccccc3)[C@H](OCc3ccccc3)[C@H]2OCc2ccccc2)[C@@H](OCc2ccccc2)[C@H](OCc2ccccc2)[C@@H]1OCc1ccccc1. The number of benzene rings is 7. The van der Waals surface area contributed by atoms with Gasteiger partial charge in [0.15, 0.2) is 6.29 Å². The van der Waals surface area contributed by atoms with Gasteiger partial charge in [0.05, 0.1) is 65.1 Å². The van der Waals surface area contributed by atoms with Gasteiger partial charge in [-0.3, -0.25) is 0 Å². The van der Waals surface area contributed by atoms with Crippen molar-refractivity contribution in [3.05, 3.63) is 251 Å². The van der Waals surface area contributed by atoms with Crippen molar-refractivity contribution in [3.8, 4) is 0 Å². The second-order valence-electron chi connectivity index (χ2n) is 18.8. The lowest BCUT2D eigenvalue weighted by molar-refractivity contribution is -0.326. The number of aliphatic hydroxyl groups excluding tert-OH is 1. The van der Waals surface area contributed by atoms with Gasteiger partial charge in [-0.15, -0.1) is 0 Å². The highest BCUT2D eigenvalue weighted by atomic mass is 16.7. The molecule has 0 aliphatic carbocycles. The van der Waals surface area contributed by atoms with E-state index in [0.717, 1.165) is 38.9 Å². The van der Waals surface area contributed by atoms with E-state index in [-0.39, 0.29) is 52.7 Å². The number of methoxy groups -OCH3 is 1. The molecule has 0 bridgehead atoms. The molecule has 74 heavy (non-hydrogen) atoms. The molecule has 7 aromatic carbocycles. The maximum atomic E-state index is 13.1. The van der Waals surface area contributed by atoms with Crippen molar-refractivity contribution in [2.45, 2.75) is 120 Å². The van der Waals surface area contributed by atoms with Crippen LogP contribution in [0.2, 0.25) is 0 Å². The predicted molar refractivity (Wildman–Crippen MR) is 281 cm³/mol. The minimum Gasteiger partial charge on any atom is -0.390 e. The Labute approximate surface area is 435 Å². The summed E-state index contributed by atoms with van der Waals surface area (Å²) in [6.07, 6.45) is -9.05. The van der Waals surface area contributed by atoms with E-state index >= 15 is 0 Å². The van der Waals surface area contributed by atoms with E-state index in [2.05, 4.69) is 0 Å². The highest BCUT2D eigenvalue weighted by Gasteiger charge is 2.54. The highest BCUT2D eigenvalue weighted by molar-refractivity contribution is 5.19. The van der Waals surface area contributed by atoms with Gasteiger partial charge in [-0.2, -0.15) is 0 Å². The van der Waals surface area contributed by atoms with Crippen molar-refractivity contribution >= 4 is 0 Å². The molecule has 11 heteroatoms. The fraction of sp³-hybridized carbons (Fsp3) is 0.333. The molecule has 11 nitrogen and oxygen atoms in total. The van der Waals surface area contributed by atoms with Crippen molar-refractivity contribution < 1.29 is 52.5 Å². The lowest BCUT2D eigenvalue weighted by Crippen LogP contribution is -2.65. The molecule has 2 heterocycles. The lowest BCUT2D eigenvalue weighted by atomic mass is 9.87. The quantitative estimate of drug-likeness (QED) is 0.0560. The summed E-state index contributed by atoms with van der Waals surface area (Å²) in [6, 6.07) is 70.0. The van der Waals surface area contributed by atoms with E-state index < -0.39 is 67.3 Å². The van der Waals surface area contributed by atoms with Gasteiger partial charge in [-0.25, -0.2) is 0 Å². The molecule has 7 aromatic rings. The molecular weight excluding hydrogens is 933 g/mol. The summed E-state index contributed by atoms with van der Waals surface area (Å²) in [6.45, 7) is 2.02. The molecule has 0 saturated carbocycles. The number of hydrogen-bond acceptors (Lipinski definition) is 11. The molecule has 0 radical (unpaired) electrons. The third-order valence-electron chi connectivity index (χ3n) is 13.5. The fourth-order valence-corrected chi connectivity index (χ4v) is 9.63. The summed E-state index contributed by atoms with van der Waals surface area (Å²) in [4.78, 5) is 0. The summed E-state index contributed by atoms with van der Waals surface area (Å²) in [5.74, 6) is 0. The number of hydrogen-bond donors (Lipinski definition) is 1. The number of aliphatic hydroxyl groups is 1. The first-order valence-electron chi connectivity index (χ1n) is 25.6. The van der Waals surface area contributed by atoms with Crippen LogP contribution in [0.1, 0.15) is 45.4 Å². The van der Waals surface area contributed by atoms with E-state index in [9.17, 15) is 5.11 Å². The molecule has 11 atom stereocenters. The molecule has 2 fully saturated rings. The van der Waals surface area contributed by atoms with Gasteiger partial charge in [0.25, 0.3) is 0 Å². The van der Waals surface area contributed by atoms with E-state index in [1.807, 2.05) is 212 Å². The summed E-state index contributed by atoms with van der Waals surface area (Å²) < 4.78 is 68.3. The third-order valence-corrected chi connectivity index (χ3v) is 13.5. The fourth-order valence-electron chi connectivity index (χ4n) is 9.63. The smallest absolute Gasteiger partial charge is 0.186 e. The second kappa shape index (κ2) is 28.1. The van der Waals surface area contributed by atoms with Crippen LogP contribution in [0.3, 0.4) is 0 Å². The Kier molecular flexibility index (Phi) is 20.1. The van der Waals surface area contributed by atoms with Gasteiger partial charge >= 0.3 is 0 Å². The van der Waals surface area contributed by atoms with Gasteiger partial charge < -0.3 is 52.5 Å². The average Bonchev–Trinajstić information content (AvgIpc) is 3.46. The maximum Gasteiger partial charge on any atom is 0.186 e. The van der Waals surface area contributed by atoms with Crippen LogP contribution in [0.4, 0.5) is 0 Å². The molecule has 1 N–H and O–H groups in total. The highest BCUT2D eigenvalue weighted by Crippen LogP contribution is 2.37. The van der Waals surface area contributed by atoms with E-state index in [0.29, 0.717) is 6.61 Å². The Hall–Kier alpha value is -5.90. The summed E-state index contributed by atoms with van der Waals surface area (Å²) in [5, 5.41) is 13.1. The zero-order valence-corrected chi connectivity index (χ0v) is 42.0. The second-order valence-corrected chi connectivity index (χ2v) is 18.8. The molecule has 0 spiro atoms. The van der Waals surface area contributed by atoms with Crippen molar-refractivity contribution in [2.24, 2.45) is 0 Å². The third kappa shape index (κ3) is 15.1. The number of ether oxygens (including phenoxy) is 10.